The van der Waals surface area contributed by atoms with Crippen LogP contribution in [0.15, 0.2) is 0 Å². The molecule has 3 atom stereocenters. The van der Waals surface area contributed by atoms with Gasteiger partial charge in [0.1, 0.15) is 0 Å². The minimum absolute atomic E-state index is 0.0389. The summed E-state index contributed by atoms with van der Waals surface area (Å²) in [7, 11) is 0. The summed E-state index contributed by atoms with van der Waals surface area (Å²) in [5.41, 5.74) is -0.0389. The normalized spacial score (nSPS) is 30.2. The molecule has 1 saturated heterocycles. The van der Waals surface area contributed by atoms with E-state index in [1.807, 2.05) is 0 Å². The van der Waals surface area contributed by atoms with Crippen molar-refractivity contribution in [3.05, 3.63) is 0 Å². The molecule has 3 unspecified atom stereocenters. The number of hydrogen-bond acceptors (Lipinski definition) is 4. The third-order valence-electron chi connectivity index (χ3n) is 4.67. The molecule has 0 radical (unpaired) electrons. The minimum atomic E-state index is -0.117. The van der Waals surface area contributed by atoms with Crippen LogP contribution in [0.25, 0.3) is 0 Å². The van der Waals surface area contributed by atoms with Crippen molar-refractivity contribution in [3.63, 3.8) is 0 Å². The van der Waals surface area contributed by atoms with Crippen LogP contribution in [0.2, 0.25) is 0 Å². The lowest BCUT2D eigenvalue weighted by Gasteiger charge is -2.41. The van der Waals surface area contributed by atoms with Gasteiger partial charge in [0.05, 0.1) is 24.9 Å². The lowest BCUT2D eigenvalue weighted by Crippen LogP contribution is -2.57. The SMILES string of the molecule is CC1CN(C(C(=O)NCC2(CO)CC2)C(C)C)CC(C)O1. The average Bonchev–Trinajstić information content (AvgIpc) is 3.15. The molecule has 5 nitrogen and oxygen atoms in total. The smallest absolute Gasteiger partial charge is 0.237 e. The first kappa shape index (κ1) is 16.7. The largest absolute Gasteiger partial charge is 0.396 e. The highest BCUT2D eigenvalue weighted by atomic mass is 16.5. The number of aliphatic hydroxyl groups is 1. The Morgan fingerprint density at radius 2 is 1.90 bits per heavy atom. The van der Waals surface area contributed by atoms with Crippen LogP contribution in [0.5, 0.6) is 0 Å². The molecule has 0 aromatic rings. The highest BCUT2D eigenvalue weighted by Crippen LogP contribution is 2.44. The number of nitrogens with one attached hydrogen (secondary N) is 1. The van der Waals surface area contributed by atoms with Crippen LogP contribution in [0.3, 0.4) is 0 Å². The Balaban J connectivity index is 1.95. The van der Waals surface area contributed by atoms with Gasteiger partial charge in [0.2, 0.25) is 5.91 Å². The lowest BCUT2D eigenvalue weighted by atomic mass is 9.99. The van der Waals surface area contributed by atoms with E-state index in [9.17, 15) is 9.90 Å². The second kappa shape index (κ2) is 6.63. The number of hydrogen-bond donors (Lipinski definition) is 2. The topological polar surface area (TPSA) is 61.8 Å². The van der Waals surface area contributed by atoms with E-state index < -0.39 is 0 Å². The molecule has 1 aliphatic carbocycles. The number of morpholine rings is 1. The Labute approximate surface area is 128 Å². The maximum absolute atomic E-state index is 12.6. The van der Waals surface area contributed by atoms with Crippen molar-refractivity contribution in [1.82, 2.24) is 10.2 Å². The molecule has 2 rings (SSSR count). The molecule has 1 heterocycles. The molecule has 0 spiro atoms. The zero-order chi connectivity index (χ0) is 15.6. The number of carbonyl (C=O) groups excluding carboxylic acids is 1. The molecule has 1 amide bonds. The Hall–Kier alpha value is -0.650. The number of ether oxygens (including phenoxy) is 1. The zero-order valence-corrected chi connectivity index (χ0v) is 13.8. The molecular formula is C16H30N2O3. The van der Waals surface area contributed by atoms with Crippen LogP contribution in [-0.4, -0.2) is 60.4 Å². The summed E-state index contributed by atoms with van der Waals surface area (Å²) in [6.07, 6.45) is 2.36. The van der Waals surface area contributed by atoms with Crippen LogP contribution in [0.1, 0.15) is 40.5 Å². The van der Waals surface area contributed by atoms with E-state index in [1.165, 1.54) is 0 Å². The summed E-state index contributed by atoms with van der Waals surface area (Å²) in [6.45, 7) is 10.7. The lowest BCUT2D eigenvalue weighted by molar-refractivity contribution is -0.135. The average molecular weight is 298 g/mol. The van der Waals surface area contributed by atoms with Gasteiger partial charge in [0.25, 0.3) is 0 Å². The van der Waals surface area contributed by atoms with Crippen molar-refractivity contribution in [3.8, 4) is 0 Å². The number of amides is 1. The Morgan fingerprint density at radius 1 is 1.33 bits per heavy atom. The van der Waals surface area contributed by atoms with E-state index >= 15 is 0 Å². The number of nitrogens with zero attached hydrogens (tertiary/aromatic N) is 1. The first-order valence-electron chi connectivity index (χ1n) is 8.15. The Bertz CT molecular complexity index is 359. The van der Waals surface area contributed by atoms with Crippen LogP contribution < -0.4 is 5.32 Å². The summed E-state index contributed by atoms with van der Waals surface area (Å²) < 4.78 is 5.76. The summed E-state index contributed by atoms with van der Waals surface area (Å²) >= 11 is 0. The molecule has 0 aromatic carbocycles. The van der Waals surface area contributed by atoms with Gasteiger partial charge < -0.3 is 15.2 Å². The van der Waals surface area contributed by atoms with Crippen molar-refractivity contribution >= 4 is 5.91 Å². The Morgan fingerprint density at radius 3 is 2.33 bits per heavy atom. The summed E-state index contributed by atoms with van der Waals surface area (Å²) in [6, 6.07) is -0.117. The monoisotopic (exact) mass is 298 g/mol. The second-order valence-electron chi connectivity index (χ2n) is 7.28. The number of aliphatic hydroxyl groups excluding tert-OH is 1. The quantitative estimate of drug-likeness (QED) is 0.768. The van der Waals surface area contributed by atoms with E-state index in [0.717, 1.165) is 25.9 Å². The molecule has 1 aliphatic heterocycles. The standard InChI is InChI=1S/C16H30N2O3/c1-11(2)14(18-7-12(3)21-13(4)8-18)15(20)17-9-16(10-19)5-6-16/h11-14,19H,5-10H2,1-4H3,(H,17,20). The fraction of sp³-hybridized carbons (Fsp3) is 0.938. The third-order valence-corrected chi connectivity index (χ3v) is 4.67. The molecule has 2 aliphatic rings. The van der Waals surface area contributed by atoms with Gasteiger partial charge in [-0.1, -0.05) is 13.8 Å². The molecule has 2 N–H and O–H groups in total. The first-order valence-corrected chi connectivity index (χ1v) is 8.15. The number of rotatable bonds is 6. The van der Waals surface area contributed by atoms with E-state index in [-0.39, 0.29) is 42.1 Å². The van der Waals surface area contributed by atoms with Crippen molar-refractivity contribution in [2.75, 3.05) is 26.2 Å². The van der Waals surface area contributed by atoms with Gasteiger partial charge in [-0.15, -0.1) is 0 Å². The van der Waals surface area contributed by atoms with Crippen molar-refractivity contribution in [2.45, 2.75) is 58.8 Å². The highest BCUT2D eigenvalue weighted by molar-refractivity contribution is 5.82. The van der Waals surface area contributed by atoms with Crippen LogP contribution >= 0.6 is 0 Å². The van der Waals surface area contributed by atoms with Crippen molar-refractivity contribution in [2.24, 2.45) is 11.3 Å². The van der Waals surface area contributed by atoms with E-state index in [4.69, 9.17) is 4.74 Å². The highest BCUT2D eigenvalue weighted by Gasteiger charge is 2.43. The van der Waals surface area contributed by atoms with Gasteiger partial charge in [-0.3, -0.25) is 9.69 Å². The second-order valence-corrected chi connectivity index (χ2v) is 7.28. The minimum Gasteiger partial charge on any atom is -0.396 e. The molecule has 0 bridgehead atoms. The first-order chi connectivity index (χ1) is 9.87. The molecule has 122 valence electrons. The van der Waals surface area contributed by atoms with Gasteiger partial charge in [-0.05, 0) is 32.6 Å². The molecule has 0 aromatic heterocycles. The van der Waals surface area contributed by atoms with Crippen molar-refractivity contribution in [1.29, 1.82) is 0 Å². The maximum Gasteiger partial charge on any atom is 0.237 e. The van der Waals surface area contributed by atoms with Crippen LogP contribution in [0.4, 0.5) is 0 Å². The molecule has 21 heavy (non-hydrogen) atoms. The summed E-state index contributed by atoms with van der Waals surface area (Å²) in [4.78, 5) is 14.9. The fourth-order valence-electron chi connectivity index (χ4n) is 3.28. The predicted octanol–water partition coefficient (Wildman–Crippen LogP) is 1.01. The molecule has 1 saturated carbocycles. The van der Waals surface area contributed by atoms with Gasteiger partial charge in [-0.25, -0.2) is 0 Å². The third kappa shape index (κ3) is 4.18. The van der Waals surface area contributed by atoms with E-state index in [2.05, 4.69) is 37.9 Å². The van der Waals surface area contributed by atoms with Crippen molar-refractivity contribution < 1.29 is 14.6 Å². The van der Waals surface area contributed by atoms with Gasteiger partial charge >= 0.3 is 0 Å². The zero-order valence-electron chi connectivity index (χ0n) is 13.8. The van der Waals surface area contributed by atoms with Gasteiger partial charge in [-0.2, -0.15) is 0 Å². The molecule has 5 heteroatoms. The molecular weight excluding hydrogens is 268 g/mol. The summed E-state index contributed by atoms with van der Waals surface area (Å²) in [5.74, 6) is 0.345. The molecule has 2 fully saturated rings. The van der Waals surface area contributed by atoms with E-state index in [0.29, 0.717) is 6.54 Å². The van der Waals surface area contributed by atoms with Gasteiger partial charge in [0.15, 0.2) is 0 Å². The van der Waals surface area contributed by atoms with Crippen LogP contribution in [-0.2, 0) is 9.53 Å². The predicted molar refractivity (Wildman–Crippen MR) is 82.0 cm³/mol. The maximum atomic E-state index is 12.6. The summed E-state index contributed by atoms with van der Waals surface area (Å²) in [5, 5.41) is 12.4. The van der Waals surface area contributed by atoms with Gasteiger partial charge in [0, 0.05) is 25.0 Å². The number of carbonyl (C=O) groups is 1. The van der Waals surface area contributed by atoms with E-state index in [1.54, 1.807) is 0 Å². The Kier molecular flexibility index (Phi) is 5.28. The fourth-order valence-corrected chi connectivity index (χ4v) is 3.28. The van der Waals surface area contributed by atoms with Crippen LogP contribution in [0, 0.1) is 11.3 Å².